The number of carbonyl (C=O) groups excluding carboxylic acids is 1. The highest BCUT2D eigenvalue weighted by atomic mass is 35.5. The topological polar surface area (TPSA) is 86.5 Å². The average molecular weight is 440 g/mol. The molecule has 0 saturated heterocycles. The van der Waals surface area contributed by atoms with Gasteiger partial charge in [-0.05, 0) is 30.3 Å². The lowest BCUT2D eigenvalue weighted by atomic mass is 10.2. The number of ether oxygens (including phenoxy) is 2. The third kappa shape index (κ3) is 4.89. The molecular formula is C18H15Cl2N3O4S. The third-order valence-electron chi connectivity index (χ3n) is 3.58. The van der Waals surface area contributed by atoms with Crippen LogP contribution < -0.4 is 14.8 Å². The number of halogens is 2. The van der Waals surface area contributed by atoms with Crippen molar-refractivity contribution >= 4 is 46.6 Å². The van der Waals surface area contributed by atoms with E-state index in [1.807, 2.05) is 0 Å². The first-order valence-corrected chi connectivity index (χ1v) is 9.68. The normalized spacial score (nSPS) is 10.6. The van der Waals surface area contributed by atoms with Crippen molar-refractivity contribution in [3.05, 3.63) is 46.4 Å². The van der Waals surface area contributed by atoms with Gasteiger partial charge in [-0.25, -0.2) is 0 Å². The molecule has 0 radical (unpaired) electrons. The third-order valence-corrected chi connectivity index (χ3v) is 5.13. The Morgan fingerprint density at radius 1 is 1.11 bits per heavy atom. The summed E-state index contributed by atoms with van der Waals surface area (Å²) in [7, 11) is 3.11. The molecule has 3 aromatic rings. The van der Waals surface area contributed by atoms with Gasteiger partial charge in [-0.3, -0.25) is 4.79 Å². The Balaban J connectivity index is 1.63. The summed E-state index contributed by atoms with van der Waals surface area (Å²) in [5, 5.41) is 11.7. The van der Waals surface area contributed by atoms with Crippen LogP contribution >= 0.6 is 35.0 Å². The predicted octanol–water partition coefficient (Wildman–Crippen LogP) is 4.79. The van der Waals surface area contributed by atoms with Gasteiger partial charge in [-0.15, -0.1) is 10.2 Å². The summed E-state index contributed by atoms with van der Waals surface area (Å²) in [5.41, 5.74) is 1.18. The molecule has 1 N–H and O–H groups in total. The van der Waals surface area contributed by atoms with Crippen molar-refractivity contribution in [2.75, 3.05) is 25.3 Å². The maximum absolute atomic E-state index is 12.1. The molecule has 2 aromatic carbocycles. The second-order valence-electron chi connectivity index (χ2n) is 5.41. The van der Waals surface area contributed by atoms with Crippen LogP contribution in [0.4, 0.5) is 5.69 Å². The molecule has 0 aliphatic rings. The van der Waals surface area contributed by atoms with Gasteiger partial charge < -0.3 is 19.2 Å². The van der Waals surface area contributed by atoms with Crippen LogP contribution in [-0.2, 0) is 4.79 Å². The van der Waals surface area contributed by atoms with Gasteiger partial charge in [0.15, 0.2) is 0 Å². The number of thioether (sulfide) groups is 1. The van der Waals surface area contributed by atoms with E-state index in [2.05, 4.69) is 15.5 Å². The van der Waals surface area contributed by atoms with Crippen LogP contribution in [0.5, 0.6) is 11.5 Å². The van der Waals surface area contributed by atoms with E-state index in [1.54, 1.807) is 43.5 Å². The fourth-order valence-corrected chi connectivity index (χ4v) is 3.11. The van der Waals surface area contributed by atoms with Crippen LogP contribution in [0.15, 0.2) is 46.0 Å². The Morgan fingerprint density at radius 2 is 1.93 bits per heavy atom. The lowest BCUT2D eigenvalue weighted by Gasteiger charge is -2.07. The van der Waals surface area contributed by atoms with Crippen molar-refractivity contribution in [3.63, 3.8) is 0 Å². The fourth-order valence-electron chi connectivity index (χ4n) is 2.25. The number of nitrogens with one attached hydrogen (secondary N) is 1. The number of hydrogen-bond acceptors (Lipinski definition) is 7. The van der Waals surface area contributed by atoms with Crippen LogP contribution in [0, 0.1) is 0 Å². The van der Waals surface area contributed by atoms with E-state index in [0.717, 1.165) is 11.8 Å². The van der Waals surface area contributed by atoms with E-state index < -0.39 is 0 Å². The summed E-state index contributed by atoms with van der Waals surface area (Å²) < 4.78 is 16.1. The van der Waals surface area contributed by atoms with Gasteiger partial charge in [0.05, 0.1) is 35.6 Å². The standard InChI is InChI=1S/C18H15Cl2N3O4S/c1-25-11-4-5-12(15(8-11)26-2)17-22-23-18(27-17)28-9-16(24)21-10-3-6-13(19)14(20)7-10/h3-8H,9H2,1-2H3,(H,21,24). The molecule has 0 fully saturated rings. The molecule has 0 unspecified atom stereocenters. The van der Waals surface area contributed by atoms with Gasteiger partial charge in [0.1, 0.15) is 11.5 Å². The molecule has 0 aliphatic carbocycles. The number of hydrogen-bond donors (Lipinski definition) is 1. The molecule has 1 amide bonds. The van der Waals surface area contributed by atoms with Gasteiger partial charge in [-0.2, -0.15) is 0 Å². The van der Waals surface area contributed by atoms with E-state index in [0.29, 0.717) is 32.8 Å². The fraction of sp³-hybridized carbons (Fsp3) is 0.167. The van der Waals surface area contributed by atoms with E-state index in [9.17, 15) is 4.79 Å². The zero-order valence-corrected chi connectivity index (χ0v) is 17.2. The number of benzene rings is 2. The highest BCUT2D eigenvalue weighted by molar-refractivity contribution is 7.99. The molecule has 0 bridgehead atoms. The molecule has 0 spiro atoms. The molecule has 0 aliphatic heterocycles. The average Bonchev–Trinajstić information content (AvgIpc) is 3.17. The first kappa shape index (κ1) is 20.3. The summed E-state index contributed by atoms with van der Waals surface area (Å²) >= 11 is 12.9. The van der Waals surface area contributed by atoms with E-state index in [1.165, 1.54) is 7.11 Å². The molecule has 3 rings (SSSR count). The number of anilines is 1. The van der Waals surface area contributed by atoms with Crippen LogP contribution in [0.1, 0.15) is 0 Å². The van der Waals surface area contributed by atoms with Crippen LogP contribution in [0.25, 0.3) is 11.5 Å². The van der Waals surface area contributed by atoms with Crippen molar-refractivity contribution in [1.82, 2.24) is 10.2 Å². The first-order chi connectivity index (χ1) is 13.5. The number of carbonyl (C=O) groups is 1. The SMILES string of the molecule is COc1ccc(-c2nnc(SCC(=O)Nc3ccc(Cl)c(Cl)c3)o2)c(OC)c1. The maximum Gasteiger partial charge on any atom is 0.277 e. The van der Waals surface area contributed by atoms with Crippen molar-refractivity contribution < 1.29 is 18.7 Å². The molecule has 0 saturated carbocycles. The van der Waals surface area contributed by atoms with Crippen LogP contribution in [-0.4, -0.2) is 36.1 Å². The van der Waals surface area contributed by atoms with Gasteiger partial charge in [-0.1, -0.05) is 35.0 Å². The number of nitrogens with zero attached hydrogens (tertiary/aromatic N) is 2. The minimum Gasteiger partial charge on any atom is -0.497 e. The summed E-state index contributed by atoms with van der Waals surface area (Å²) in [6.07, 6.45) is 0. The summed E-state index contributed by atoms with van der Waals surface area (Å²) in [4.78, 5) is 12.1. The second kappa shape index (κ2) is 9.18. The Labute approximate surface area is 175 Å². The minimum atomic E-state index is -0.245. The maximum atomic E-state index is 12.1. The van der Waals surface area contributed by atoms with Crippen molar-refractivity contribution in [3.8, 4) is 23.0 Å². The summed E-state index contributed by atoms with van der Waals surface area (Å²) in [5.74, 6) is 1.31. The minimum absolute atomic E-state index is 0.0849. The Bertz CT molecular complexity index is 997. The van der Waals surface area contributed by atoms with E-state index >= 15 is 0 Å². The molecule has 1 aromatic heterocycles. The van der Waals surface area contributed by atoms with Gasteiger partial charge in [0, 0.05) is 11.8 Å². The molecule has 28 heavy (non-hydrogen) atoms. The smallest absolute Gasteiger partial charge is 0.277 e. The van der Waals surface area contributed by atoms with E-state index in [4.69, 9.17) is 37.1 Å². The largest absolute Gasteiger partial charge is 0.497 e. The highest BCUT2D eigenvalue weighted by Crippen LogP contribution is 2.33. The zero-order chi connectivity index (χ0) is 20.1. The second-order valence-corrected chi connectivity index (χ2v) is 7.15. The lowest BCUT2D eigenvalue weighted by Crippen LogP contribution is -2.13. The summed E-state index contributed by atoms with van der Waals surface area (Å²) in [6.45, 7) is 0. The zero-order valence-electron chi connectivity index (χ0n) is 14.9. The number of aromatic nitrogens is 2. The molecule has 1 heterocycles. The van der Waals surface area contributed by atoms with Gasteiger partial charge in [0.2, 0.25) is 5.91 Å². The van der Waals surface area contributed by atoms with E-state index in [-0.39, 0.29) is 22.8 Å². The van der Waals surface area contributed by atoms with Gasteiger partial charge >= 0.3 is 0 Å². The monoisotopic (exact) mass is 439 g/mol. The van der Waals surface area contributed by atoms with Crippen molar-refractivity contribution in [1.29, 1.82) is 0 Å². The molecule has 10 heteroatoms. The lowest BCUT2D eigenvalue weighted by molar-refractivity contribution is -0.113. The molecule has 7 nitrogen and oxygen atoms in total. The van der Waals surface area contributed by atoms with Crippen LogP contribution in [0.3, 0.4) is 0 Å². The van der Waals surface area contributed by atoms with Crippen molar-refractivity contribution in [2.24, 2.45) is 0 Å². The Morgan fingerprint density at radius 3 is 2.64 bits per heavy atom. The first-order valence-electron chi connectivity index (χ1n) is 7.93. The number of amides is 1. The van der Waals surface area contributed by atoms with Crippen molar-refractivity contribution in [2.45, 2.75) is 5.22 Å². The predicted molar refractivity (Wildman–Crippen MR) is 109 cm³/mol. The Kier molecular flexibility index (Phi) is 6.66. The Hall–Kier alpha value is -2.42. The number of rotatable bonds is 7. The highest BCUT2D eigenvalue weighted by Gasteiger charge is 2.16. The molecule has 0 atom stereocenters. The van der Waals surface area contributed by atoms with Gasteiger partial charge in [0.25, 0.3) is 11.1 Å². The summed E-state index contributed by atoms with van der Waals surface area (Å²) in [6, 6.07) is 10.1. The van der Waals surface area contributed by atoms with Crippen LogP contribution in [0.2, 0.25) is 10.0 Å². The number of methoxy groups -OCH3 is 2. The quantitative estimate of drug-likeness (QED) is 0.529. The molecular weight excluding hydrogens is 425 g/mol. The molecule has 146 valence electrons.